The molecule has 1 unspecified atom stereocenters. The predicted octanol–water partition coefficient (Wildman–Crippen LogP) is 3.69. The van der Waals surface area contributed by atoms with E-state index in [-0.39, 0.29) is 17.5 Å². The third-order valence-electron chi connectivity index (χ3n) is 2.82. The standard InChI is InChI=1S/C14H12F2N2O3/c1-8(17)9-2-5-13(11(16)6-9)21-14-7-10(15)3-4-12(14)18(19)20/h2-8H,17H2,1H3. The van der Waals surface area contributed by atoms with Crippen LogP contribution in [0.3, 0.4) is 0 Å². The van der Waals surface area contributed by atoms with E-state index in [1.165, 1.54) is 18.2 Å². The Balaban J connectivity index is 2.38. The topological polar surface area (TPSA) is 78.4 Å². The number of halogens is 2. The lowest BCUT2D eigenvalue weighted by Crippen LogP contribution is -2.05. The van der Waals surface area contributed by atoms with Gasteiger partial charge in [-0.3, -0.25) is 10.1 Å². The molecule has 0 bridgehead atoms. The number of nitro benzene ring substituents is 1. The molecule has 0 fully saturated rings. The van der Waals surface area contributed by atoms with E-state index in [1.54, 1.807) is 6.92 Å². The highest BCUT2D eigenvalue weighted by molar-refractivity contribution is 5.49. The fourth-order valence-corrected chi connectivity index (χ4v) is 1.72. The molecule has 0 heterocycles. The zero-order valence-corrected chi connectivity index (χ0v) is 11.0. The van der Waals surface area contributed by atoms with Crippen molar-refractivity contribution in [2.24, 2.45) is 5.73 Å². The number of nitrogens with zero attached hydrogens (tertiary/aromatic N) is 1. The third kappa shape index (κ3) is 3.32. The summed E-state index contributed by atoms with van der Waals surface area (Å²) in [4.78, 5) is 10.1. The van der Waals surface area contributed by atoms with Crippen molar-refractivity contribution in [3.63, 3.8) is 0 Å². The number of ether oxygens (including phenoxy) is 1. The second-order valence-electron chi connectivity index (χ2n) is 4.45. The Morgan fingerprint density at radius 2 is 1.90 bits per heavy atom. The number of benzene rings is 2. The van der Waals surface area contributed by atoms with Crippen LogP contribution in [-0.2, 0) is 0 Å². The van der Waals surface area contributed by atoms with Crippen molar-refractivity contribution in [3.8, 4) is 11.5 Å². The molecule has 1 atom stereocenters. The Morgan fingerprint density at radius 3 is 2.48 bits per heavy atom. The zero-order valence-electron chi connectivity index (χ0n) is 11.0. The van der Waals surface area contributed by atoms with Crippen LogP contribution in [0.25, 0.3) is 0 Å². The first-order valence-electron chi connectivity index (χ1n) is 6.05. The van der Waals surface area contributed by atoms with Crippen LogP contribution in [0.1, 0.15) is 18.5 Å². The molecular formula is C14H12F2N2O3. The maximum absolute atomic E-state index is 13.9. The molecule has 2 N–H and O–H groups in total. The number of nitrogens with two attached hydrogens (primary N) is 1. The Kier molecular flexibility index (Phi) is 4.13. The summed E-state index contributed by atoms with van der Waals surface area (Å²) in [6.07, 6.45) is 0. The first-order valence-corrected chi connectivity index (χ1v) is 6.05. The lowest BCUT2D eigenvalue weighted by atomic mass is 10.1. The third-order valence-corrected chi connectivity index (χ3v) is 2.82. The summed E-state index contributed by atoms with van der Waals surface area (Å²) in [7, 11) is 0. The van der Waals surface area contributed by atoms with E-state index in [0.29, 0.717) is 5.56 Å². The fourth-order valence-electron chi connectivity index (χ4n) is 1.72. The lowest BCUT2D eigenvalue weighted by Gasteiger charge is -2.10. The highest BCUT2D eigenvalue weighted by Gasteiger charge is 2.18. The summed E-state index contributed by atoms with van der Waals surface area (Å²) in [5.41, 5.74) is 5.72. The van der Waals surface area contributed by atoms with Gasteiger partial charge in [0.15, 0.2) is 11.6 Å². The van der Waals surface area contributed by atoms with Gasteiger partial charge in [-0.1, -0.05) is 6.07 Å². The monoisotopic (exact) mass is 294 g/mol. The molecule has 0 aliphatic carbocycles. The maximum Gasteiger partial charge on any atom is 0.311 e. The smallest absolute Gasteiger partial charge is 0.311 e. The van der Waals surface area contributed by atoms with Gasteiger partial charge in [0.05, 0.1) is 4.92 Å². The Labute approximate surface area is 119 Å². The minimum atomic E-state index is -0.733. The Bertz CT molecular complexity index is 690. The van der Waals surface area contributed by atoms with Gasteiger partial charge in [-0.05, 0) is 30.7 Å². The SMILES string of the molecule is CC(N)c1ccc(Oc2cc(F)ccc2[N+](=O)[O-])c(F)c1. The molecule has 0 spiro atoms. The van der Waals surface area contributed by atoms with E-state index >= 15 is 0 Å². The second kappa shape index (κ2) is 5.84. The van der Waals surface area contributed by atoms with Gasteiger partial charge in [-0.15, -0.1) is 0 Å². The predicted molar refractivity (Wildman–Crippen MR) is 72.1 cm³/mol. The van der Waals surface area contributed by atoms with Crippen molar-refractivity contribution in [2.75, 3.05) is 0 Å². The summed E-state index contributed by atoms with van der Waals surface area (Å²) in [5.74, 6) is -2.06. The summed E-state index contributed by atoms with van der Waals surface area (Å²) in [6.45, 7) is 1.69. The molecule has 21 heavy (non-hydrogen) atoms. The van der Waals surface area contributed by atoms with Crippen LogP contribution in [0.5, 0.6) is 11.5 Å². The van der Waals surface area contributed by atoms with Crippen LogP contribution in [0.4, 0.5) is 14.5 Å². The van der Waals surface area contributed by atoms with Crippen molar-refractivity contribution in [1.29, 1.82) is 0 Å². The van der Waals surface area contributed by atoms with Crippen molar-refractivity contribution < 1.29 is 18.4 Å². The minimum Gasteiger partial charge on any atom is -0.447 e. The van der Waals surface area contributed by atoms with Gasteiger partial charge in [0.2, 0.25) is 5.75 Å². The largest absolute Gasteiger partial charge is 0.447 e. The molecule has 5 nitrogen and oxygen atoms in total. The van der Waals surface area contributed by atoms with Gasteiger partial charge in [0.25, 0.3) is 0 Å². The molecule has 0 aliphatic heterocycles. The van der Waals surface area contributed by atoms with Crippen molar-refractivity contribution in [3.05, 3.63) is 63.7 Å². The molecule has 7 heteroatoms. The Morgan fingerprint density at radius 1 is 1.19 bits per heavy atom. The van der Waals surface area contributed by atoms with Gasteiger partial charge in [-0.25, -0.2) is 8.78 Å². The number of hydrogen-bond donors (Lipinski definition) is 1. The maximum atomic E-state index is 13.9. The highest BCUT2D eigenvalue weighted by Crippen LogP contribution is 2.33. The summed E-state index contributed by atoms with van der Waals surface area (Å²) in [6, 6.07) is 6.36. The quantitative estimate of drug-likeness (QED) is 0.689. The number of rotatable bonds is 4. The lowest BCUT2D eigenvalue weighted by molar-refractivity contribution is -0.385. The van der Waals surface area contributed by atoms with E-state index in [4.69, 9.17) is 10.5 Å². The molecule has 0 amide bonds. The van der Waals surface area contributed by atoms with E-state index in [0.717, 1.165) is 18.2 Å². The van der Waals surface area contributed by atoms with Crippen molar-refractivity contribution >= 4 is 5.69 Å². The van der Waals surface area contributed by atoms with E-state index < -0.39 is 22.2 Å². The molecule has 0 saturated carbocycles. The molecule has 2 aromatic carbocycles. The second-order valence-corrected chi connectivity index (χ2v) is 4.45. The average Bonchev–Trinajstić information content (AvgIpc) is 2.40. The fraction of sp³-hybridized carbons (Fsp3) is 0.143. The first-order chi connectivity index (χ1) is 9.88. The van der Waals surface area contributed by atoms with Crippen LogP contribution in [-0.4, -0.2) is 4.92 Å². The molecule has 0 saturated heterocycles. The summed E-state index contributed by atoms with van der Waals surface area (Å²) < 4.78 is 32.2. The molecule has 0 aliphatic rings. The average molecular weight is 294 g/mol. The van der Waals surface area contributed by atoms with Gasteiger partial charge in [0, 0.05) is 18.2 Å². The van der Waals surface area contributed by atoms with Crippen LogP contribution in [0, 0.1) is 21.7 Å². The van der Waals surface area contributed by atoms with Gasteiger partial charge in [-0.2, -0.15) is 0 Å². The Hall–Kier alpha value is -2.54. The molecular weight excluding hydrogens is 282 g/mol. The van der Waals surface area contributed by atoms with E-state index in [1.807, 2.05) is 0 Å². The minimum absolute atomic E-state index is 0.242. The molecule has 2 rings (SSSR count). The van der Waals surface area contributed by atoms with Crippen LogP contribution in [0.15, 0.2) is 36.4 Å². The van der Waals surface area contributed by atoms with Gasteiger partial charge in [0.1, 0.15) is 5.82 Å². The molecule has 0 radical (unpaired) electrons. The molecule has 110 valence electrons. The zero-order chi connectivity index (χ0) is 15.6. The van der Waals surface area contributed by atoms with Crippen LogP contribution >= 0.6 is 0 Å². The first kappa shape index (κ1) is 14.9. The summed E-state index contributed by atoms with van der Waals surface area (Å²) >= 11 is 0. The molecule has 2 aromatic rings. The van der Waals surface area contributed by atoms with Gasteiger partial charge < -0.3 is 10.5 Å². The summed E-state index contributed by atoms with van der Waals surface area (Å²) in [5, 5.41) is 10.8. The van der Waals surface area contributed by atoms with Crippen molar-refractivity contribution in [1.82, 2.24) is 0 Å². The van der Waals surface area contributed by atoms with Gasteiger partial charge >= 0.3 is 5.69 Å². The highest BCUT2D eigenvalue weighted by atomic mass is 19.1. The van der Waals surface area contributed by atoms with E-state index in [2.05, 4.69) is 0 Å². The normalized spacial score (nSPS) is 12.0. The molecule has 0 aromatic heterocycles. The van der Waals surface area contributed by atoms with Crippen LogP contribution < -0.4 is 10.5 Å². The van der Waals surface area contributed by atoms with E-state index in [9.17, 15) is 18.9 Å². The number of nitro groups is 1. The van der Waals surface area contributed by atoms with Crippen molar-refractivity contribution in [2.45, 2.75) is 13.0 Å². The van der Waals surface area contributed by atoms with Crippen LogP contribution in [0.2, 0.25) is 0 Å². The number of hydrogen-bond acceptors (Lipinski definition) is 4.